The smallest absolute Gasteiger partial charge is 0.192 e. The van der Waals surface area contributed by atoms with Gasteiger partial charge in [0.25, 0.3) is 0 Å². The number of allylic oxidation sites excluding steroid dienone is 3. The van der Waals surface area contributed by atoms with Gasteiger partial charge in [0.2, 0.25) is 0 Å². The molecule has 2 aromatic heterocycles. The number of likely N-dealkylation sites (N-methyl/N-ethyl adjacent to an activating group) is 1. The Morgan fingerprint density at radius 3 is 2.69 bits per heavy atom. The average Bonchev–Trinajstić information content (AvgIpc) is 3.41. The van der Waals surface area contributed by atoms with Crippen molar-refractivity contribution in [1.82, 2.24) is 14.8 Å². The average molecular weight is 449 g/mol. The number of benzene rings is 1. The molecule has 1 unspecified atom stereocenters. The van der Waals surface area contributed by atoms with Gasteiger partial charge in [0.05, 0.1) is 17.1 Å². The third-order valence-corrected chi connectivity index (χ3v) is 7.13. The fourth-order valence-corrected chi connectivity index (χ4v) is 5.09. The Morgan fingerprint density at radius 2 is 2.03 bits per heavy atom. The highest BCUT2D eigenvalue weighted by Crippen LogP contribution is 2.46. The lowest BCUT2D eigenvalue weighted by Crippen LogP contribution is -2.25. The van der Waals surface area contributed by atoms with Gasteiger partial charge >= 0.3 is 0 Å². The molecule has 0 aliphatic carbocycles. The monoisotopic (exact) mass is 448 g/mol. The summed E-state index contributed by atoms with van der Waals surface area (Å²) in [6.07, 6.45) is 5.22. The molecule has 6 nitrogen and oxygen atoms in total. The maximum absolute atomic E-state index is 13.2. The van der Waals surface area contributed by atoms with Crippen molar-refractivity contribution in [3.05, 3.63) is 72.3 Å². The van der Waals surface area contributed by atoms with Crippen molar-refractivity contribution in [2.75, 3.05) is 11.9 Å². The van der Waals surface area contributed by atoms with Crippen molar-refractivity contribution in [2.45, 2.75) is 50.1 Å². The van der Waals surface area contributed by atoms with Gasteiger partial charge in [0.15, 0.2) is 16.8 Å². The summed E-state index contributed by atoms with van der Waals surface area (Å²) in [4.78, 5) is 15.3. The molecule has 1 aliphatic heterocycles. The molecule has 7 heteroatoms. The topological polar surface area (TPSA) is 64.2 Å². The van der Waals surface area contributed by atoms with Gasteiger partial charge in [0.1, 0.15) is 5.76 Å². The molecular formula is C25H28N4O2S. The van der Waals surface area contributed by atoms with E-state index in [1.165, 1.54) is 17.3 Å². The van der Waals surface area contributed by atoms with Crippen molar-refractivity contribution in [3.8, 4) is 11.4 Å². The van der Waals surface area contributed by atoms with Crippen LogP contribution in [-0.4, -0.2) is 32.8 Å². The number of ketones is 1. The number of nitrogens with zero attached hydrogens (tertiary/aromatic N) is 4. The Labute approximate surface area is 193 Å². The van der Waals surface area contributed by atoms with Crippen LogP contribution in [-0.2, 0) is 16.8 Å². The van der Waals surface area contributed by atoms with E-state index >= 15 is 0 Å². The Bertz CT molecular complexity index is 1200. The van der Waals surface area contributed by atoms with Gasteiger partial charge in [-0.1, -0.05) is 49.9 Å². The molecular weight excluding hydrogens is 420 g/mol. The number of hydrogen-bond acceptors (Lipinski definition) is 6. The summed E-state index contributed by atoms with van der Waals surface area (Å²) in [6.45, 7) is 12.5. The number of fused-ring (bicyclic) bond motifs is 1. The summed E-state index contributed by atoms with van der Waals surface area (Å²) >= 11 is 1.41. The second kappa shape index (κ2) is 8.47. The number of aromatic nitrogens is 3. The van der Waals surface area contributed by atoms with Gasteiger partial charge in [0, 0.05) is 36.5 Å². The lowest BCUT2D eigenvalue weighted by molar-refractivity contribution is -0.114. The van der Waals surface area contributed by atoms with E-state index in [-0.39, 0.29) is 16.4 Å². The van der Waals surface area contributed by atoms with Gasteiger partial charge in [-0.2, -0.15) is 0 Å². The molecule has 0 amide bonds. The van der Waals surface area contributed by atoms with Crippen molar-refractivity contribution >= 4 is 23.2 Å². The molecule has 0 fully saturated rings. The van der Waals surface area contributed by atoms with Crippen LogP contribution in [0, 0.1) is 6.92 Å². The van der Waals surface area contributed by atoms with Gasteiger partial charge in [-0.05, 0) is 31.5 Å². The molecule has 166 valence electrons. The summed E-state index contributed by atoms with van der Waals surface area (Å²) in [5.41, 5.74) is 4.02. The third-order valence-electron chi connectivity index (χ3n) is 6.03. The van der Waals surface area contributed by atoms with Crippen LogP contribution in [0.1, 0.15) is 32.1 Å². The number of aryl methyl sites for hydroxylation is 1. The van der Waals surface area contributed by atoms with Gasteiger partial charge in [-0.3, -0.25) is 9.36 Å². The van der Waals surface area contributed by atoms with Crippen LogP contribution in [0.15, 0.2) is 70.6 Å². The number of para-hydroxylation sites is 1. The predicted octanol–water partition coefficient (Wildman–Crippen LogP) is 5.39. The number of furan rings is 1. The number of carbonyl (C=O) groups is 1. The molecule has 4 rings (SSSR count). The largest absolute Gasteiger partial charge is 0.469 e. The fourth-order valence-electron chi connectivity index (χ4n) is 4.21. The minimum Gasteiger partial charge on any atom is -0.469 e. The molecule has 0 radical (unpaired) electrons. The predicted molar refractivity (Wildman–Crippen MR) is 129 cm³/mol. The fraction of sp³-hybridized carbons (Fsp3) is 0.320. The first-order valence-electron chi connectivity index (χ1n) is 10.6. The Balaban J connectivity index is 1.60. The highest BCUT2D eigenvalue weighted by Gasteiger charge is 2.38. The van der Waals surface area contributed by atoms with Crippen molar-refractivity contribution < 1.29 is 9.21 Å². The van der Waals surface area contributed by atoms with Crippen LogP contribution in [0.25, 0.3) is 11.4 Å². The molecule has 32 heavy (non-hydrogen) atoms. The zero-order valence-electron chi connectivity index (χ0n) is 19.1. The molecule has 3 heterocycles. The summed E-state index contributed by atoms with van der Waals surface area (Å²) in [7, 11) is 2.02. The summed E-state index contributed by atoms with van der Waals surface area (Å²) in [5, 5.41) is 9.09. The maximum Gasteiger partial charge on any atom is 0.192 e. The SMILES string of the molecule is C=CCn1c(SC(C)C(=O)/C=C2\N(C)c3ccccc3C2(C)C)nnc1-c1ccoc1C. The van der Waals surface area contributed by atoms with E-state index in [0.29, 0.717) is 17.5 Å². The molecule has 1 atom stereocenters. The van der Waals surface area contributed by atoms with E-state index in [0.717, 1.165) is 22.7 Å². The lowest BCUT2D eigenvalue weighted by atomic mass is 9.83. The highest BCUT2D eigenvalue weighted by molar-refractivity contribution is 8.00. The van der Waals surface area contributed by atoms with Crippen molar-refractivity contribution in [3.63, 3.8) is 0 Å². The summed E-state index contributed by atoms with van der Waals surface area (Å²) < 4.78 is 7.40. The van der Waals surface area contributed by atoms with E-state index in [4.69, 9.17) is 4.42 Å². The van der Waals surface area contributed by atoms with Gasteiger partial charge in [-0.25, -0.2) is 0 Å². The van der Waals surface area contributed by atoms with E-state index < -0.39 is 0 Å². The first-order chi connectivity index (χ1) is 15.3. The molecule has 1 aliphatic rings. The normalized spacial score (nSPS) is 16.9. The number of rotatable bonds is 7. The van der Waals surface area contributed by atoms with E-state index in [2.05, 4.69) is 47.7 Å². The second-order valence-corrected chi connectivity index (χ2v) is 9.80. The number of carbonyl (C=O) groups excluding carboxylic acids is 1. The minimum absolute atomic E-state index is 0.0481. The van der Waals surface area contributed by atoms with E-state index in [9.17, 15) is 4.79 Å². The molecule has 0 spiro atoms. The van der Waals surface area contributed by atoms with Crippen molar-refractivity contribution in [1.29, 1.82) is 0 Å². The second-order valence-electron chi connectivity index (χ2n) is 8.49. The van der Waals surface area contributed by atoms with Gasteiger partial charge in [-0.15, -0.1) is 16.8 Å². The molecule has 3 aromatic rings. The lowest BCUT2D eigenvalue weighted by Gasteiger charge is -2.24. The zero-order valence-corrected chi connectivity index (χ0v) is 19.9. The molecule has 1 aromatic carbocycles. The molecule has 0 saturated heterocycles. The Kier molecular flexibility index (Phi) is 5.86. The van der Waals surface area contributed by atoms with Crippen LogP contribution in [0.5, 0.6) is 0 Å². The molecule has 0 bridgehead atoms. The van der Waals surface area contributed by atoms with Crippen LogP contribution in [0.2, 0.25) is 0 Å². The summed E-state index contributed by atoms with van der Waals surface area (Å²) in [5.74, 6) is 1.54. The first-order valence-corrected chi connectivity index (χ1v) is 11.5. The van der Waals surface area contributed by atoms with Crippen molar-refractivity contribution in [2.24, 2.45) is 0 Å². The first kappa shape index (κ1) is 22.1. The number of hydrogen-bond donors (Lipinski definition) is 0. The van der Waals surface area contributed by atoms with Crippen LogP contribution >= 0.6 is 11.8 Å². The molecule has 0 saturated carbocycles. The third kappa shape index (κ3) is 3.71. The number of thioether (sulfide) groups is 1. The quantitative estimate of drug-likeness (QED) is 0.274. The standard InChI is InChI=1S/C25H28N4O2S/c1-7-13-29-23(18-12-14-31-16(18)2)26-27-24(29)32-17(3)21(30)15-22-25(4,5)19-10-8-9-11-20(19)28(22)6/h7-12,14-15,17H,1,13H2,2-6H3/b22-15-. The van der Waals surface area contributed by atoms with Crippen LogP contribution in [0.3, 0.4) is 0 Å². The zero-order chi connectivity index (χ0) is 23.0. The summed E-state index contributed by atoms with van der Waals surface area (Å²) in [6, 6.07) is 10.2. The minimum atomic E-state index is -0.318. The van der Waals surface area contributed by atoms with E-state index in [1.54, 1.807) is 18.4 Å². The molecule has 0 N–H and O–H groups in total. The maximum atomic E-state index is 13.2. The number of anilines is 1. The van der Waals surface area contributed by atoms with Crippen LogP contribution in [0.4, 0.5) is 5.69 Å². The highest BCUT2D eigenvalue weighted by atomic mass is 32.2. The van der Waals surface area contributed by atoms with Gasteiger partial charge < -0.3 is 9.32 Å². The Morgan fingerprint density at radius 1 is 1.28 bits per heavy atom. The van der Waals surface area contributed by atoms with Crippen LogP contribution < -0.4 is 4.90 Å². The van der Waals surface area contributed by atoms with E-state index in [1.807, 2.05) is 43.7 Å². The Hall–Kier alpha value is -3.06.